The molecule has 0 radical (unpaired) electrons. The molecule has 0 atom stereocenters. The number of rotatable bonds is 5. The van der Waals surface area contributed by atoms with E-state index in [1.54, 1.807) is 4.90 Å². The second-order valence-corrected chi connectivity index (χ2v) is 8.57. The van der Waals surface area contributed by atoms with Crippen molar-refractivity contribution in [2.24, 2.45) is 10.9 Å². The molecular weight excluding hydrogens is 358 g/mol. The predicted molar refractivity (Wildman–Crippen MR) is 110 cm³/mol. The molecule has 0 saturated carbocycles. The zero-order valence-corrected chi connectivity index (χ0v) is 17.9. The molecule has 2 amide bonds. The summed E-state index contributed by atoms with van der Waals surface area (Å²) in [5.41, 5.74) is -0.459. The zero-order chi connectivity index (χ0) is 20.6. The minimum absolute atomic E-state index is 0.0976. The normalized spacial score (nSPS) is 18.9. The molecule has 0 spiro atoms. The van der Waals surface area contributed by atoms with Gasteiger partial charge in [-0.2, -0.15) is 0 Å². The average molecular weight is 396 g/mol. The maximum Gasteiger partial charge on any atom is 0.410 e. The standard InChI is InChI=1S/C20H37N5O3/c1-5-21-18(23-15-17(26)24-10-6-7-11-24)22-14-16-8-12-25(13-9-16)19(27)28-20(2,3)4/h16H,5-15H2,1-4H3,(H2,21,22,23). The molecule has 2 rings (SSSR count). The number of piperidine rings is 1. The topological polar surface area (TPSA) is 86.3 Å². The SMILES string of the molecule is CCNC(=NCC(=O)N1CCCC1)NCC1CCN(C(=O)OC(C)(C)C)CC1. The quantitative estimate of drug-likeness (QED) is 0.548. The van der Waals surface area contributed by atoms with Crippen LogP contribution < -0.4 is 10.6 Å². The number of nitrogens with zero attached hydrogens (tertiary/aromatic N) is 3. The molecule has 28 heavy (non-hydrogen) atoms. The summed E-state index contributed by atoms with van der Waals surface area (Å²) < 4.78 is 5.45. The van der Waals surface area contributed by atoms with Gasteiger partial charge in [-0.05, 0) is 59.3 Å². The van der Waals surface area contributed by atoms with Crippen LogP contribution in [0.4, 0.5) is 4.79 Å². The van der Waals surface area contributed by atoms with E-state index in [2.05, 4.69) is 15.6 Å². The van der Waals surface area contributed by atoms with E-state index >= 15 is 0 Å². The number of aliphatic imine (C=N–C) groups is 1. The van der Waals surface area contributed by atoms with E-state index in [0.717, 1.165) is 51.9 Å². The molecule has 0 aromatic carbocycles. The molecule has 0 unspecified atom stereocenters. The Morgan fingerprint density at radius 2 is 1.68 bits per heavy atom. The lowest BCUT2D eigenvalue weighted by atomic mass is 9.97. The summed E-state index contributed by atoms with van der Waals surface area (Å²) in [6, 6.07) is 0. The maximum absolute atomic E-state index is 12.2. The Morgan fingerprint density at radius 1 is 1.04 bits per heavy atom. The second kappa shape index (κ2) is 10.5. The van der Waals surface area contributed by atoms with Crippen LogP contribution in [0.5, 0.6) is 0 Å². The fourth-order valence-electron chi connectivity index (χ4n) is 3.44. The van der Waals surface area contributed by atoms with Crippen molar-refractivity contribution in [2.75, 3.05) is 45.8 Å². The molecule has 8 heteroatoms. The average Bonchev–Trinajstić information content (AvgIpc) is 3.17. The van der Waals surface area contributed by atoms with Gasteiger partial charge in [-0.25, -0.2) is 9.79 Å². The molecule has 2 heterocycles. The van der Waals surface area contributed by atoms with E-state index in [1.165, 1.54) is 0 Å². The van der Waals surface area contributed by atoms with Crippen LogP contribution >= 0.6 is 0 Å². The van der Waals surface area contributed by atoms with Crippen molar-refractivity contribution >= 4 is 18.0 Å². The molecule has 2 saturated heterocycles. The van der Waals surface area contributed by atoms with Gasteiger partial charge in [0.1, 0.15) is 12.1 Å². The van der Waals surface area contributed by atoms with Crippen LogP contribution in [-0.4, -0.2) is 79.2 Å². The molecule has 2 fully saturated rings. The van der Waals surface area contributed by atoms with Crippen molar-refractivity contribution in [1.82, 2.24) is 20.4 Å². The summed E-state index contributed by atoms with van der Waals surface area (Å²) in [5, 5.41) is 6.56. The Balaban J connectivity index is 1.74. The summed E-state index contributed by atoms with van der Waals surface area (Å²) in [4.78, 5) is 32.4. The Labute approximate surface area is 169 Å². The van der Waals surface area contributed by atoms with Crippen LogP contribution in [0.3, 0.4) is 0 Å². The number of likely N-dealkylation sites (tertiary alicyclic amines) is 2. The summed E-state index contributed by atoms with van der Waals surface area (Å²) in [6.45, 7) is 12.5. The van der Waals surface area contributed by atoms with Gasteiger partial charge < -0.3 is 25.2 Å². The third kappa shape index (κ3) is 7.56. The number of ether oxygens (including phenoxy) is 1. The van der Waals surface area contributed by atoms with Crippen LogP contribution in [0.25, 0.3) is 0 Å². The van der Waals surface area contributed by atoms with Crippen LogP contribution in [0, 0.1) is 5.92 Å². The fourth-order valence-corrected chi connectivity index (χ4v) is 3.44. The second-order valence-electron chi connectivity index (χ2n) is 8.57. The minimum atomic E-state index is -0.459. The lowest BCUT2D eigenvalue weighted by molar-refractivity contribution is -0.128. The largest absolute Gasteiger partial charge is 0.444 e. The Hall–Kier alpha value is -1.99. The number of guanidine groups is 1. The number of amides is 2. The molecule has 2 aliphatic heterocycles. The molecule has 160 valence electrons. The number of hydrogen-bond acceptors (Lipinski definition) is 4. The number of hydrogen-bond donors (Lipinski definition) is 2. The van der Waals surface area contributed by atoms with E-state index in [-0.39, 0.29) is 18.5 Å². The smallest absolute Gasteiger partial charge is 0.410 e. The third-order valence-electron chi connectivity index (χ3n) is 5.00. The summed E-state index contributed by atoms with van der Waals surface area (Å²) in [5.74, 6) is 1.25. The van der Waals surface area contributed by atoms with Crippen molar-refractivity contribution in [2.45, 2.75) is 59.0 Å². The molecule has 2 N–H and O–H groups in total. The molecule has 2 aliphatic rings. The summed E-state index contributed by atoms with van der Waals surface area (Å²) >= 11 is 0. The lowest BCUT2D eigenvalue weighted by Crippen LogP contribution is -2.45. The Morgan fingerprint density at radius 3 is 2.25 bits per heavy atom. The highest BCUT2D eigenvalue weighted by atomic mass is 16.6. The lowest BCUT2D eigenvalue weighted by Gasteiger charge is -2.33. The summed E-state index contributed by atoms with van der Waals surface area (Å²) in [6.07, 6.45) is 3.82. The van der Waals surface area contributed by atoms with Gasteiger partial charge >= 0.3 is 6.09 Å². The molecule has 0 aliphatic carbocycles. The fraction of sp³-hybridized carbons (Fsp3) is 0.850. The van der Waals surface area contributed by atoms with Gasteiger partial charge in [-0.3, -0.25) is 4.79 Å². The van der Waals surface area contributed by atoms with Crippen molar-refractivity contribution in [3.8, 4) is 0 Å². The van der Waals surface area contributed by atoms with Crippen LogP contribution in [0.15, 0.2) is 4.99 Å². The van der Waals surface area contributed by atoms with Crippen molar-refractivity contribution in [3.63, 3.8) is 0 Å². The predicted octanol–water partition coefficient (Wildman–Crippen LogP) is 1.81. The van der Waals surface area contributed by atoms with E-state index in [4.69, 9.17) is 4.74 Å². The van der Waals surface area contributed by atoms with Gasteiger partial charge in [-0.1, -0.05) is 0 Å². The van der Waals surface area contributed by atoms with Crippen molar-refractivity contribution < 1.29 is 14.3 Å². The highest BCUT2D eigenvalue weighted by Gasteiger charge is 2.27. The minimum Gasteiger partial charge on any atom is -0.444 e. The number of carbonyl (C=O) groups excluding carboxylic acids is 2. The van der Waals surface area contributed by atoms with Gasteiger partial charge in [0.25, 0.3) is 0 Å². The monoisotopic (exact) mass is 395 g/mol. The summed E-state index contributed by atoms with van der Waals surface area (Å²) in [7, 11) is 0. The first-order valence-corrected chi connectivity index (χ1v) is 10.6. The Bertz CT molecular complexity index is 545. The van der Waals surface area contributed by atoms with E-state index in [9.17, 15) is 9.59 Å². The van der Waals surface area contributed by atoms with Crippen molar-refractivity contribution in [3.05, 3.63) is 0 Å². The van der Waals surface area contributed by atoms with Crippen LogP contribution in [-0.2, 0) is 9.53 Å². The first-order valence-electron chi connectivity index (χ1n) is 10.6. The van der Waals surface area contributed by atoms with Gasteiger partial charge in [0.05, 0.1) is 0 Å². The molecule has 8 nitrogen and oxygen atoms in total. The van der Waals surface area contributed by atoms with Crippen molar-refractivity contribution in [1.29, 1.82) is 0 Å². The van der Waals surface area contributed by atoms with Gasteiger partial charge in [0, 0.05) is 39.3 Å². The highest BCUT2D eigenvalue weighted by Crippen LogP contribution is 2.19. The molecule has 0 aromatic rings. The first kappa shape index (κ1) is 22.3. The van der Waals surface area contributed by atoms with E-state index in [1.807, 2.05) is 32.6 Å². The number of nitrogens with one attached hydrogen (secondary N) is 2. The number of carbonyl (C=O) groups is 2. The highest BCUT2D eigenvalue weighted by molar-refractivity contribution is 5.85. The molecule has 0 aromatic heterocycles. The van der Waals surface area contributed by atoms with Gasteiger partial charge in [0.2, 0.25) is 5.91 Å². The van der Waals surface area contributed by atoms with Crippen LogP contribution in [0.1, 0.15) is 53.4 Å². The molecular formula is C20H37N5O3. The first-order chi connectivity index (χ1) is 13.3. The van der Waals surface area contributed by atoms with Gasteiger partial charge in [-0.15, -0.1) is 0 Å². The molecule has 0 bridgehead atoms. The Kier molecular flexibility index (Phi) is 8.38. The van der Waals surface area contributed by atoms with E-state index in [0.29, 0.717) is 25.0 Å². The van der Waals surface area contributed by atoms with E-state index < -0.39 is 5.60 Å². The maximum atomic E-state index is 12.2. The van der Waals surface area contributed by atoms with Crippen LogP contribution in [0.2, 0.25) is 0 Å². The van der Waals surface area contributed by atoms with Gasteiger partial charge in [0.15, 0.2) is 5.96 Å². The zero-order valence-electron chi connectivity index (χ0n) is 17.9. The third-order valence-corrected chi connectivity index (χ3v) is 5.00.